The molecule has 0 amide bonds. The number of rotatable bonds is 22. The summed E-state index contributed by atoms with van der Waals surface area (Å²) in [5.74, 6) is 6.54. The molecule has 0 saturated heterocycles. The lowest BCUT2D eigenvalue weighted by atomic mass is 9.67. The van der Waals surface area contributed by atoms with E-state index in [1.165, 1.54) is 226 Å². The predicted octanol–water partition coefficient (Wildman–Crippen LogP) is 24.9. The summed E-state index contributed by atoms with van der Waals surface area (Å²) in [5, 5.41) is 0. The van der Waals surface area contributed by atoms with Gasteiger partial charge >= 0.3 is 0 Å². The maximum Gasteiger partial charge on any atom is 0.0540 e. The average Bonchev–Trinajstić information content (AvgIpc) is 1.68. The van der Waals surface area contributed by atoms with Gasteiger partial charge < -0.3 is 9.80 Å². The summed E-state index contributed by atoms with van der Waals surface area (Å²) >= 11 is 0. The van der Waals surface area contributed by atoms with Crippen LogP contribution in [0.15, 0.2) is 182 Å². The monoisotopic (exact) mass is 1130 g/mol. The molecular formula is C84H94N2. The number of fused-ring (bicyclic) bond motifs is 8. The summed E-state index contributed by atoms with van der Waals surface area (Å²) < 4.78 is 0. The van der Waals surface area contributed by atoms with Gasteiger partial charge in [0.15, 0.2) is 0 Å². The van der Waals surface area contributed by atoms with Crippen LogP contribution in [0.2, 0.25) is 0 Å². The van der Waals surface area contributed by atoms with Gasteiger partial charge in [0.1, 0.15) is 0 Å². The molecule has 8 aliphatic carbocycles. The van der Waals surface area contributed by atoms with Gasteiger partial charge in [-0.25, -0.2) is 0 Å². The molecule has 0 spiro atoms. The first-order chi connectivity index (χ1) is 42.5. The van der Waals surface area contributed by atoms with Gasteiger partial charge in [0.2, 0.25) is 0 Å². The Balaban J connectivity index is 0.864. The van der Waals surface area contributed by atoms with Gasteiger partial charge in [0, 0.05) is 39.3 Å². The molecule has 440 valence electrons. The number of hydrogen-bond acceptors (Lipinski definition) is 2. The zero-order valence-corrected chi connectivity index (χ0v) is 52.0. The zero-order chi connectivity index (χ0) is 57.6. The van der Waals surface area contributed by atoms with Crippen molar-refractivity contribution in [2.75, 3.05) is 9.80 Å². The number of hydrogen-bond donors (Lipinski definition) is 0. The minimum atomic E-state index is -0.153. The van der Waals surface area contributed by atoms with E-state index in [9.17, 15) is 0 Å². The lowest BCUT2D eigenvalue weighted by molar-refractivity contribution is 0.152. The lowest BCUT2D eigenvalue weighted by Gasteiger charge is -2.38. The van der Waals surface area contributed by atoms with E-state index in [2.05, 4.69) is 206 Å². The molecule has 0 radical (unpaired) electrons. The van der Waals surface area contributed by atoms with E-state index in [0.717, 1.165) is 48.3 Å². The molecule has 8 aliphatic rings. The highest BCUT2D eigenvalue weighted by atomic mass is 15.2. The molecule has 6 atom stereocenters. The number of benzene rings is 8. The van der Waals surface area contributed by atoms with Crippen LogP contribution >= 0.6 is 0 Å². The Morgan fingerprint density at radius 3 is 1.27 bits per heavy atom. The molecule has 2 heteroatoms. The number of unbranched alkanes of at least 4 members (excludes halogenated alkanes) is 10. The molecule has 2 nitrogen and oxygen atoms in total. The van der Waals surface area contributed by atoms with Crippen LogP contribution in [0.1, 0.15) is 231 Å². The summed E-state index contributed by atoms with van der Waals surface area (Å²) in [4.78, 5) is 5.25. The van der Waals surface area contributed by atoms with Crippen molar-refractivity contribution < 1.29 is 0 Å². The average molecular weight is 1130 g/mol. The molecule has 16 rings (SSSR count). The van der Waals surface area contributed by atoms with E-state index in [1.807, 2.05) is 0 Å². The van der Waals surface area contributed by atoms with Crippen LogP contribution in [0.25, 0.3) is 33.4 Å². The quantitative estimate of drug-likeness (QED) is 0.0624. The Hall–Kier alpha value is -6.64. The normalized spacial score (nSPS) is 23.2. The van der Waals surface area contributed by atoms with Gasteiger partial charge in [0.05, 0.1) is 11.4 Å². The van der Waals surface area contributed by atoms with E-state index in [-0.39, 0.29) is 5.41 Å². The fourth-order valence-electron chi connectivity index (χ4n) is 19.4. The largest absolute Gasteiger partial charge is 0.310 e. The molecule has 86 heavy (non-hydrogen) atoms. The molecule has 7 bridgehead atoms. The molecule has 0 heterocycles. The summed E-state index contributed by atoms with van der Waals surface area (Å²) in [6, 6.07) is 72.4. The third kappa shape index (κ3) is 10.5. The molecule has 4 saturated carbocycles. The Bertz CT molecular complexity index is 3630. The smallest absolute Gasteiger partial charge is 0.0540 e. The van der Waals surface area contributed by atoms with Gasteiger partial charge in [0.25, 0.3) is 0 Å². The molecule has 8 aromatic rings. The molecular weight excluding hydrogens is 1040 g/mol. The van der Waals surface area contributed by atoms with Crippen molar-refractivity contribution in [1.82, 2.24) is 0 Å². The van der Waals surface area contributed by atoms with Gasteiger partial charge in [-0.3, -0.25) is 0 Å². The first kappa shape index (κ1) is 55.9. The summed E-state index contributed by atoms with van der Waals surface area (Å²) in [6.07, 6.45) is 33.2. The van der Waals surface area contributed by atoms with Gasteiger partial charge in [-0.15, -0.1) is 0 Å². The van der Waals surface area contributed by atoms with E-state index in [0.29, 0.717) is 11.8 Å². The first-order valence-corrected chi connectivity index (χ1v) is 35.0. The highest BCUT2D eigenvalue weighted by Gasteiger charge is 2.46. The maximum absolute atomic E-state index is 2.70. The van der Waals surface area contributed by atoms with Crippen molar-refractivity contribution in [2.45, 2.75) is 203 Å². The zero-order valence-electron chi connectivity index (χ0n) is 52.0. The fourth-order valence-corrected chi connectivity index (χ4v) is 19.4. The SMILES string of the molecule is CCCCCCCCC1(CCCCCCCC)c2cc(N(c3ccccc3)c3ccccc3-c3ccc4c(c3)C3CC5CC(CC4C5)C3)ccc2-c2ccc(N(c3ccccc3)c3ccccc3-c3ccc4c(c3)C3CCC5CCC4CC5C3)cc21. The number of anilines is 6. The summed E-state index contributed by atoms with van der Waals surface area (Å²) in [7, 11) is 0. The fraction of sp³-hybridized carbons (Fsp3) is 0.429. The van der Waals surface area contributed by atoms with Crippen molar-refractivity contribution >= 4 is 34.1 Å². The van der Waals surface area contributed by atoms with Crippen LogP contribution in [0.3, 0.4) is 0 Å². The molecule has 8 aromatic carbocycles. The molecule has 6 unspecified atom stereocenters. The van der Waals surface area contributed by atoms with Crippen LogP contribution in [-0.4, -0.2) is 0 Å². The topological polar surface area (TPSA) is 6.48 Å². The Morgan fingerprint density at radius 2 is 0.756 bits per heavy atom. The first-order valence-electron chi connectivity index (χ1n) is 35.0. The maximum atomic E-state index is 2.70. The van der Waals surface area contributed by atoms with E-state index >= 15 is 0 Å². The second kappa shape index (κ2) is 24.5. The van der Waals surface area contributed by atoms with Crippen molar-refractivity contribution in [2.24, 2.45) is 23.7 Å². The second-order valence-corrected chi connectivity index (χ2v) is 28.5. The van der Waals surface area contributed by atoms with Crippen molar-refractivity contribution in [1.29, 1.82) is 0 Å². The van der Waals surface area contributed by atoms with Gasteiger partial charge in [-0.2, -0.15) is 0 Å². The van der Waals surface area contributed by atoms with E-state index in [4.69, 9.17) is 0 Å². The van der Waals surface area contributed by atoms with Crippen LogP contribution < -0.4 is 9.80 Å². The van der Waals surface area contributed by atoms with Crippen LogP contribution in [0.5, 0.6) is 0 Å². The summed E-state index contributed by atoms with van der Waals surface area (Å²) in [5.41, 5.74) is 25.3. The number of nitrogens with zero attached hydrogens (tertiary/aromatic N) is 2. The van der Waals surface area contributed by atoms with Gasteiger partial charge in [-0.05, 0) is 247 Å². The second-order valence-electron chi connectivity index (χ2n) is 28.5. The molecule has 0 aromatic heterocycles. The molecule has 4 fully saturated rings. The minimum absolute atomic E-state index is 0.153. The van der Waals surface area contributed by atoms with Crippen LogP contribution in [0, 0.1) is 23.7 Å². The van der Waals surface area contributed by atoms with Crippen LogP contribution in [-0.2, 0) is 5.41 Å². The predicted molar refractivity (Wildman–Crippen MR) is 365 cm³/mol. The Kier molecular flexibility index (Phi) is 15.9. The summed E-state index contributed by atoms with van der Waals surface area (Å²) in [6.45, 7) is 4.71. The third-order valence-electron chi connectivity index (χ3n) is 23.4. The Morgan fingerprint density at radius 1 is 0.326 bits per heavy atom. The standard InChI is InChI=1S/C84H94N2/c1-3-5-7-9-11-23-45-84(46-24-12-10-8-6-4-2)80-56-70(85(68-25-15-13-16-26-68)82-31-21-19-29-74(82)63-37-41-72-61-35-33-60-34-36-62(78(72)54-63)53-65(60)52-61)39-43-76(80)77-44-40-71(57-81(77)84)86(69-27-17-14-18-28-69)83-32-22-20-30-75(83)64-38-42-73-66-48-58-47-59(49-66)51-67(50-58)79(73)55-64/h13-22,25-32,37-44,54-62,65-67H,3-12,23-24,33-36,45-53H2,1-2H3. The molecule has 0 N–H and O–H groups in total. The lowest BCUT2D eigenvalue weighted by Crippen LogP contribution is -2.26. The van der Waals surface area contributed by atoms with Crippen molar-refractivity contribution in [3.63, 3.8) is 0 Å². The third-order valence-corrected chi connectivity index (χ3v) is 23.4. The van der Waals surface area contributed by atoms with Crippen molar-refractivity contribution in [3.05, 3.63) is 215 Å². The highest BCUT2D eigenvalue weighted by Crippen LogP contribution is 2.60. The van der Waals surface area contributed by atoms with E-state index < -0.39 is 0 Å². The highest BCUT2D eigenvalue weighted by molar-refractivity contribution is 5.93. The number of para-hydroxylation sites is 4. The minimum Gasteiger partial charge on any atom is -0.310 e. The van der Waals surface area contributed by atoms with Crippen molar-refractivity contribution in [3.8, 4) is 33.4 Å². The molecule has 0 aliphatic heterocycles. The van der Waals surface area contributed by atoms with E-state index in [1.54, 1.807) is 22.3 Å². The van der Waals surface area contributed by atoms with Crippen LogP contribution in [0.4, 0.5) is 34.1 Å². The van der Waals surface area contributed by atoms with Gasteiger partial charge in [-0.1, -0.05) is 212 Å². The Labute approximate surface area is 516 Å².